The van der Waals surface area contributed by atoms with Gasteiger partial charge in [0.2, 0.25) is 21.8 Å². The quantitative estimate of drug-likeness (QED) is 0.325. The van der Waals surface area contributed by atoms with E-state index in [1.54, 1.807) is 25.1 Å². The molecule has 2 atom stereocenters. The number of nitrogens with zero attached hydrogens (tertiary/aromatic N) is 2. The standard InChI is InChI=1S/C26H32Cl2F3N3O4S/c1-5-17(2)32-25(36)18(3)33(16-21-22(27)11-7-12-23(21)28)24(35)13-8-14-34(39(4,37)38)20-10-6-9-19(15-20)26(29,30)31/h6-7,9-12,15,17-18H,5,8,13-14,16H2,1-4H3,(H,32,36)/t17-,18-/m1/s1. The third kappa shape index (κ3) is 9.29. The molecule has 0 bridgehead atoms. The summed E-state index contributed by atoms with van der Waals surface area (Å²) in [5.74, 6) is -0.863. The lowest BCUT2D eigenvalue weighted by molar-refractivity contribution is -0.140. The Balaban J connectivity index is 2.27. The second-order valence-electron chi connectivity index (χ2n) is 9.20. The average molecular weight is 611 g/mol. The molecule has 0 unspecified atom stereocenters. The Hall–Kier alpha value is -2.50. The lowest BCUT2D eigenvalue weighted by Crippen LogP contribution is -2.49. The van der Waals surface area contributed by atoms with E-state index >= 15 is 0 Å². The molecule has 0 heterocycles. The van der Waals surface area contributed by atoms with Crippen LogP contribution in [0.4, 0.5) is 18.9 Å². The number of sulfonamides is 1. The summed E-state index contributed by atoms with van der Waals surface area (Å²) < 4.78 is 65.2. The Morgan fingerprint density at radius 3 is 2.18 bits per heavy atom. The zero-order valence-electron chi connectivity index (χ0n) is 22.1. The van der Waals surface area contributed by atoms with Gasteiger partial charge in [0.15, 0.2) is 0 Å². The average Bonchev–Trinajstić information content (AvgIpc) is 2.84. The van der Waals surface area contributed by atoms with Crippen molar-refractivity contribution in [2.45, 2.75) is 64.8 Å². The van der Waals surface area contributed by atoms with Gasteiger partial charge in [0, 0.05) is 41.2 Å². The third-order valence-electron chi connectivity index (χ3n) is 6.17. The van der Waals surface area contributed by atoms with Crippen molar-refractivity contribution in [1.29, 1.82) is 0 Å². The van der Waals surface area contributed by atoms with Crippen molar-refractivity contribution in [1.82, 2.24) is 10.2 Å². The fraction of sp³-hybridized carbons (Fsp3) is 0.462. The highest BCUT2D eigenvalue weighted by Gasteiger charge is 2.32. The number of halogens is 5. The number of carbonyl (C=O) groups is 2. The van der Waals surface area contributed by atoms with E-state index in [2.05, 4.69) is 5.32 Å². The van der Waals surface area contributed by atoms with Crippen LogP contribution in [-0.4, -0.2) is 50.0 Å². The van der Waals surface area contributed by atoms with Crippen molar-refractivity contribution >= 4 is 50.7 Å². The van der Waals surface area contributed by atoms with E-state index < -0.39 is 33.7 Å². The highest BCUT2D eigenvalue weighted by Crippen LogP contribution is 2.32. The molecular formula is C26H32Cl2F3N3O4S. The van der Waals surface area contributed by atoms with Gasteiger partial charge in [-0.1, -0.05) is 42.3 Å². The van der Waals surface area contributed by atoms with Gasteiger partial charge in [-0.3, -0.25) is 13.9 Å². The predicted octanol–water partition coefficient (Wildman–Crippen LogP) is 5.89. The topological polar surface area (TPSA) is 86.8 Å². The molecular weight excluding hydrogens is 578 g/mol. The Bertz CT molecular complexity index is 1260. The molecule has 7 nitrogen and oxygen atoms in total. The summed E-state index contributed by atoms with van der Waals surface area (Å²) in [5.41, 5.74) is -0.714. The Kier molecular flexibility index (Phi) is 11.5. The van der Waals surface area contributed by atoms with E-state index in [0.717, 1.165) is 28.8 Å². The second-order valence-corrected chi connectivity index (χ2v) is 11.9. The maximum absolute atomic E-state index is 13.4. The zero-order valence-corrected chi connectivity index (χ0v) is 24.4. The normalized spacial score (nSPS) is 13.5. The molecule has 2 aromatic rings. The first-order chi connectivity index (χ1) is 18.1. The fourth-order valence-electron chi connectivity index (χ4n) is 3.74. The minimum Gasteiger partial charge on any atom is -0.352 e. The van der Waals surface area contributed by atoms with Gasteiger partial charge in [-0.2, -0.15) is 13.2 Å². The number of rotatable bonds is 12. The van der Waals surface area contributed by atoms with Crippen LogP contribution in [0.2, 0.25) is 10.0 Å². The van der Waals surface area contributed by atoms with Crippen molar-refractivity contribution in [3.05, 3.63) is 63.6 Å². The van der Waals surface area contributed by atoms with Crippen LogP contribution in [0.25, 0.3) is 0 Å². The molecule has 1 N–H and O–H groups in total. The summed E-state index contributed by atoms with van der Waals surface area (Å²) in [7, 11) is -3.96. The number of nitrogens with one attached hydrogen (secondary N) is 1. The van der Waals surface area contributed by atoms with Crippen LogP contribution in [0, 0.1) is 0 Å². The summed E-state index contributed by atoms with van der Waals surface area (Å²) in [6.45, 7) is 4.97. The number of hydrogen-bond acceptors (Lipinski definition) is 4. The molecule has 0 saturated heterocycles. The molecule has 2 amide bonds. The fourth-order valence-corrected chi connectivity index (χ4v) is 5.22. The van der Waals surface area contributed by atoms with Crippen LogP contribution in [-0.2, 0) is 32.3 Å². The Labute approximate surface area is 237 Å². The van der Waals surface area contributed by atoms with E-state index in [4.69, 9.17) is 23.2 Å². The Morgan fingerprint density at radius 2 is 1.64 bits per heavy atom. The first-order valence-electron chi connectivity index (χ1n) is 12.2. The maximum atomic E-state index is 13.4. The minimum absolute atomic E-state index is 0.0192. The van der Waals surface area contributed by atoms with Gasteiger partial charge < -0.3 is 10.2 Å². The van der Waals surface area contributed by atoms with Gasteiger partial charge in [-0.15, -0.1) is 0 Å². The molecule has 0 aromatic heterocycles. The first-order valence-corrected chi connectivity index (χ1v) is 14.8. The number of benzene rings is 2. The van der Waals surface area contributed by atoms with Crippen LogP contribution in [0.5, 0.6) is 0 Å². The van der Waals surface area contributed by atoms with Crippen LogP contribution in [0.3, 0.4) is 0 Å². The third-order valence-corrected chi connectivity index (χ3v) is 8.07. The highest BCUT2D eigenvalue weighted by atomic mass is 35.5. The van der Waals surface area contributed by atoms with Gasteiger partial charge in [-0.05, 0) is 57.0 Å². The van der Waals surface area contributed by atoms with Gasteiger partial charge in [0.05, 0.1) is 17.5 Å². The van der Waals surface area contributed by atoms with Crippen LogP contribution in [0.1, 0.15) is 51.2 Å². The highest BCUT2D eigenvalue weighted by molar-refractivity contribution is 7.92. The van der Waals surface area contributed by atoms with Crippen LogP contribution < -0.4 is 9.62 Å². The van der Waals surface area contributed by atoms with Crippen molar-refractivity contribution in [2.24, 2.45) is 0 Å². The number of hydrogen-bond donors (Lipinski definition) is 1. The van der Waals surface area contributed by atoms with E-state index in [9.17, 15) is 31.2 Å². The first kappa shape index (κ1) is 32.7. The zero-order chi connectivity index (χ0) is 29.5. The lowest BCUT2D eigenvalue weighted by atomic mass is 10.1. The van der Waals surface area contributed by atoms with Crippen molar-refractivity contribution in [2.75, 3.05) is 17.1 Å². The minimum atomic E-state index is -4.65. The lowest BCUT2D eigenvalue weighted by Gasteiger charge is -2.30. The monoisotopic (exact) mass is 609 g/mol. The molecule has 0 aliphatic heterocycles. The van der Waals surface area contributed by atoms with E-state index in [1.165, 1.54) is 11.0 Å². The molecule has 39 heavy (non-hydrogen) atoms. The summed E-state index contributed by atoms with van der Waals surface area (Å²) in [6, 6.07) is 7.78. The van der Waals surface area contributed by atoms with Crippen LogP contribution in [0.15, 0.2) is 42.5 Å². The van der Waals surface area contributed by atoms with E-state index in [1.807, 2.05) is 13.8 Å². The summed E-state index contributed by atoms with van der Waals surface area (Å²) in [4.78, 5) is 27.6. The molecule has 2 aromatic carbocycles. The molecule has 13 heteroatoms. The summed E-state index contributed by atoms with van der Waals surface area (Å²) >= 11 is 12.6. The molecule has 0 aliphatic rings. The van der Waals surface area contributed by atoms with E-state index in [0.29, 0.717) is 22.0 Å². The Morgan fingerprint density at radius 1 is 1.05 bits per heavy atom. The predicted molar refractivity (Wildman–Crippen MR) is 147 cm³/mol. The smallest absolute Gasteiger partial charge is 0.352 e. The molecule has 0 radical (unpaired) electrons. The second kappa shape index (κ2) is 13.7. The molecule has 0 aliphatic carbocycles. The SMILES string of the molecule is CC[C@@H](C)NC(=O)[C@@H](C)N(Cc1c(Cl)cccc1Cl)C(=O)CCCN(c1cccc(C(F)(F)F)c1)S(C)(=O)=O. The molecule has 0 saturated carbocycles. The summed E-state index contributed by atoms with van der Waals surface area (Å²) in [5, 5.41) is 3.45. The van der Waals surface area contributed by atoms with Crippen molar-refractivity contribution in [3.8, 4) is 0 Å². The number of amides is 2. The van der Waals surface area contributed by atoms with Crippen molar-refractivity contribution in [3.63, 3.8) is 0 Å². The summed E-state index contributed by atoms with van der Waals surface area (Å²) in [6.07, 6.45) is -3.30. The van der Waals surface area contributed by atoms with Gasteiger partial charge in [0.1, 0.15) is 6.04 Å². The molecule has 216 valence electrons. The van der Waals surface area contributed by atoms with Gasteiger partial charge in [-0.25, -0.2) is 8.42 Å². The van der Waals surface area contributed by atoms with E-state index in [-0.39, 0.29) is 43.6 Å². The molecule has 0 spiro atoms. The van der Waals surface area contributed by atoms with Gasteiger partial charge in [0.25, 0.3) is 0 Å². The molecule has 0 fully saturated rings. The number of alkyl halides is 3. The van der Waals surface area contributed by atoms with Crippen LogP contribution >= 0.6 is 23.2 Å². The number of carbonyl (C=O) groups excluding carboxylic acids is 2. The van der Waals surface area contributed by atoms with Crippen molar-refractivity contribution < 1.29 is 31.2 Å². The largest absolute Gasteiger partial charge is 0.416 e. The number of anilines is 1. The van der Waals surface area contributed by atoms with Gasteiger partial charge >= 0.3 is 6.18 Å². The molecule has 2 rings (SSSR count). The maximum Gasteiger partial charge on any atom is 0.416 e.